The summed E-state index contributed by atoms with van der Waals surface area (Å²) in [5.41, 5.74) is 0.548. The van der Waals surface area contributed by atoms with Crippen LogP contribution >= 0.6 is 0 Å². The Balaban J connectivity index is 3.08. The molecule has 0 fully saturated rings. The third kappa shape index (κ3) is 2.22. The SMILES string of the molecule is [B]C=C(C(=O)OC)c1cccc(F)c1. The van der Waals surface area contributed by atoms with E-state index in [-0.39, 0.29) is 5.57 Å². The van der Waals surface area contributed by atoms with Crippen molar-refractivity contribution >= 4 is 19.4 Å². The van der Waals surface area contributed by atoms with Crippen LogP contribution in [-0.4, -0.2) is 20.9 Å². The van der Waals surface area contributed by atoms with E-state index in [0.29, 0.717) is 5.56 Å². The molecule has 0 unspecified atom stereocenters. The lowest BCUT2D eigenvalue weighted by molar-refractivity contribution is -0.133. The van der Waals surface area contributed by atoms with Gasteiger partial charge in [0.15, 0.2) is 0 Å². The van der Waals surface area contributed by atoms with Crippen molar-refractivity contribution in [2.24, 2.45) is 0 Å². The molecule has 2 nitrogen and oxygen atoms in total. The highest BCUT2D eigenvalue weighted by molar-refractivity contribution is 6.29. The van der Waals surface area contributed by atoms with Gasteiger partial charge in [-0.15, -0.1) is 5.98 Å². The number of esters is 1. The highest BCUT2D eigenvalue weighted by Gasteiger charge is 2.10. The quantitative estimate of drug-likeness (QED) is 0.401. The number of methoxy groups -OCH3 is 1. The lowest BCUT2D eigenvalue weighted by Crippen LogP contribution is -2.04. The second kappa shape index (κ2) is 4.60. The fourth-order valence-electron chi connectivity index (χ4n) is 1.05. The van der Waals surface area contributed by atoms with E-state index < -0.39 is 11.8 Å². The zero-order valence-electron chi connectivity index (χ0n) is 7.66. The van der Waals surface area contributed by atoms with Gasteiger partial charge in [-0.1, -0.05) is 12.1 Å². The zero-order valence-corrected chi connectivity index (χ0v) is 7.66. The van der Waals surface area contributed by atoms with Crippen molar-refractivity contribution in [1.29, 1.82) is 0 Å². The van der Waals surface area contributed by atoms with Crippen molar-refractivity contribution in [3.8, 4) is 0 Å². The van der Waals surface area contributed by atoms with Crippen LogP contribution in [0, 0.1) is 5.82 Å². The molecule has 1 rings (SSSR count). The summed E-state index contributed by atoms with van der Waals surface area (Å²) >= 11 is 0. The van der Waals surface area contributed by atoms with Crippen LogP contribution in [0.1, 0.15) is 5.56 Å². The van der Waals surface area contributed by atoms with Crippen molar-refractivity contribution in [2.45, 2.75) is 0 Å². The van der Waals surface area contributed by atoms with E-state index in [1.165, 1.54) is 25.3 Å². The summed E-state index contributed by atoms with van der Waals surface area (Å²) in [5.74, 6) is 0.0875. The van der Waals surface area contributed by atoms with Gasteiger partial charge in [-0.3, -0.25) is 0 Å². The van der Waals surface area contributed by atoms with Crippen molar-refractivity contribution in [3.63, 3.8) is 0 Å². The summed E-state index contributed by atoms with van der Waals surface area (Å²) in [6.07, 6.45) is 0. The molecule has 2 radical (unpaired) electrons. The summed E-state index contributed by atoms with van der Waals surface area (Å²) in [5, 5.41) is 0. The molecular weight excluding hydrogens is 182 g/mol. The Morgan fingerprint density at radius 1 is 1.57 bits per heavy atom. The Kier molecular flexibility index (Phi) is 3.45. The van der Waals surface area contributed by atoms with E-state index in [1.807, 2.05) is 0 Å². The van der Waals surface area contributed by atoms with Crippen LogP contribution < -0.4 is 0 Å². The largest absolute Gasteiger partial charge is 0.465 e. The minimum absolute atomic E-state index is 0.145. The Bertz CT molecular complexity index is 374. The van der Waals surface area contributed by atoms with Crippen LogP contribution in [0.15, 0.2) is 30.2 Å². The Morgan fingerprint density at radius 2 is 2.29 bits per heavy atom. The molecule has 0 aliphatic carbocycles. The topological polar surface area (TPSA) is 26.3 Å². The maximum absolute atomic E-state index is 12.8. The van der Waals surface area contributed by atoms with Crippen molar-refractivity contribution in [2.75, 3.05) is 7.11 Å². The maximum Gasteiger partial charge on any atom is 0.337 e. The van der Waals surface area contributed by atoms with Crippen LogP contribution in [0.25, 0.3) is 5.57 Å². The van der Waals surface area contributed by atoms with Gasteiger partial charge in [0.2, 0.25) is 0 Å². The third-order valence-electron chi connectivity index (χ3n) is 1.71. The van der Waals surface area contributed by atoms with Crippen molar-refractivity contribution in [1.82, 2.24) is 0 Å². The molecule has 0 saturated carbocycles. The molecule has 4 heteroatoms. The average molecular weight is 190 g/mol. The Labute approximate surface area is 82.8 Å². The van der Waals surface area contributed by atoms with Crippen molar-refractivity contribution < 1.29 is 13.9 Å². The van der Waals surface area contributed by atoms with Gasteiger partial charge < -0.3 is 4.74 Å². The number of ether oxygens (including phenoxy) is 1. The summed E-state index contributed by atoms with van der Waals surface area (Å²) in [4.78, 5) is 11.2. The number of carbonyl (C=O) groups is 1. The lowest BCUT2D eigenvalue weighted by atomic mass is 9.98. The predicted octanol–water partition coefficient (Wildman–Crippen LogP) is 1.51. The number of hydrogen-bond donors (Lipinski definition) is 0. The normalized spacial score (nSPS) is 11.1. The molecule has 70 valence electrons. The van der Waals surface area contributed by atoms with Crippen LogP contribution in [0.4, 0.5) is 4.39 Å². The molecule has 0 N–H and O–H groups in total. The van der Waals surface area contributed by atoms with E-state index >= 15 is 0 Å². The smallest absolute Gasteiger partial charge is 0.337 e. The van der Waals surface area contributed by atoms with Gasteiger partial charge in [0.1, 0.15) is 13.7 Å². The Hall–Kier alpha value is -1.58. The fraction of sp³-hybridized carbons (Fsp3) is 0.100. The van der Waals surface area contributed by atoms with Crippen LogP contribution in [0.5, 0.6) is 0 Å². The molecular formula is C10H8BFO2. The van der Waals surface area contributed by atoms with Gasteiger partial charge in [0.25, 0.3) is 0 Å². The molecule has 0 bridgehead atoms. The van der Waals surface area contributed by atoms with E-state index in [1.54, 1.807) is 6.07 Å². The molecule has 0 aromatic heterocycles. The lowest BCUT2D eigenvalue weighted by Gasteiger charge is -2.04. The minimum Gasteiger partial charge on any atom is -0.465 e. The summed E-state index contributed by atoms with van der Waals surface area (Å²) in [6, 6.07) is 5.58. The number of hydrogen-bond acceptors (Lipinski definition) is 2. The van der Waals surface area contributed by atoms with Gasteiger partial charge in [-0.2, -0.15) is 0 Å². The third-order valence-corrected chi connectivity index (χ3v) is 1.71. The van der Waals surface area contributed by atoms with Gasteiger partial charge in [0, 0.05) is 0 Å². The van der Waals surface area contributed by atoms with Gasteiger partial charge in [-0.05, 0) is 17.7 Å². The second-order valence-corrected chi connectivity index (χ2v) is 2.58. The molecule has 14 heavy (non-hydrogen) atoms. The molecule has 0 saturated heterocycles. The van der Waals surface area contributed by atoms with E-state index in [2.05, 4.69) is 4.74 Å². The molecule has 1 aromatic rings. The average Bonchev–Trinajstić information content (AvgIpc) is 2.19. The first-order valence-electron chi connectivity index (χ1n) is 3.95. The van der Waals surface area contributed by atoms with Gasteiger partial charge >= 0.3 is 5.97 Å². The van der Waals surface area contributed by atoms with Crippen LogP contribution in [0.2, 0.25) is 0 Å². The first-order chi connectivity index (χ1) is 6.69. The van der Waals surface area contributed by atoms with Crippen LogP contribution in [-0.2, 0) is 9.53 Å². The number of halogens is 1. The number of benzene rings is 1. The summed E-state index contributed by atoms with van der Waals surface area (Å²) < 4.78 is 17.3. The number of rotatable bonds is 2. The van der Waals surface area contributed by atoms with Crippen molar-refractivity contribution in [3.05, 3.63) is 41.6 Å². The van der Waals surface area contributed by atoms with Gasteiger partial charge in [0.05, 0.1) is 12.7 Å². The van der Waals surface area contributed by atoms with E-state index in [0.717, 1.165) is 5.98 Å². The summed E-state index contributed by atoms with van der Waals surface area (Å²) in [6.45, 7) is 0. The van der Waals surface area contributed by atoms with Crippen LogP contribution in [0.3, 0.4) is 0 Å². The maximum atomic E-state index is 12.8. The summed E-state index contributed by atoms with van der Waals surface area (Å²) in [7, 11) is 6.49. The molecule has 0 atom stereocenters. The molecule has 1 aromatic carbocycles. The molecule has 0 amide bonds. The highest BCUT2D eigenvalue weighted by Crippen LogP contribution is 2.15. The highest BCUT2D eigenvalue weighted by atomic mass is 19.1. The molecule has 0 aliphatic heterocycles. The number of carbonyl (C=O) groups excluding carboxylic acids is 1. The molecule has 0 spiro atoms. The molecule has 0 heterocycles. The monoisotopic (exact) mass is 190 g/mol. The van der Waals surface area contributed by atoms with E-state index in [4.69, 9.17) is 7.85 Å². The standard InChI is InChI=1S/C10H8BFO2/c1-14-10(13)9(6-11)7-3-2-4-8(12)5-7/h2-6H,1H3. The zero-order chi connectivity index (χ0) is 10.6. The van der Waals surface area contributed by atoms with E-state index in [9.17, 15) is 9.18 Å². The Morgan fingerprint density at radius 3 is 2.79 bits per heavy atom. The van der Waals surface area contributed by atoms with Gasteiger partial charge in [-0.25, -0.2) is 9.18 Å². The first-order valence-corrected chi connectivity index (χ1v) is 3.95. The minimum atomic E-state index is -0.585. The fourth-order valence-corrected chi connectivity index (χ4v) is 1.05. The first kappa shape index (κ1) is 10.5. The molecule has 0 aliphatic rings. The predicted molar refractivity (Wildman–Crippen MR) is 52.1 cm³/mol. The second-order valence-electron chi connectivity index (χ2n) is 2.58.